The van der Waals surface area contributed by atoms with Gasteiger partial charge in [0.15, 0.2) is 5.96 Å². The van der Waals surface area contributed by atoms with Gasteiger partial charge in [0.1, 0.15) is 12.4 Å². The highest BCUT2D eigenvalue weighted by Gasteiger charge is 2.04. The number of furan rings is 1. The molecule has 0 saturated heterocycles. The first kappa shape index (κ1) is 21.0. The van der Waals surface area contributed by atoms with E-state index in [0.29, 0.717) is 13.2 Å². The lowest BCUT2D eigenvalue weighted by Crippen LogP contribution is -2.38. The van der Waals surface area contributed by atoms with Crippen LogP contribution in [0.5, 0.6) is 0 Å². The highest BCUT2D eigenvalue weighted by atomic mass is 127. The highest BCUT2D eigenvalue weighted by Crippen LogP contribution is 2.19. The molecular formula is C18H30IN3O2. The van der Waals surface area contributed by atoms with Gasteiger partial charge in [0.2, 0.25) is 0 Å². The summed E-state index contributed by atoms with van der Waals surface area (Å²) < 4.78 is 10.8. The molecule has 2 N–H and O–H groups in total. The van der Waals surface area contributed by atoms with Crippen molar-refractivity contribution in [2.75, 3.05) is 26.7 Å². The van der Waals surface area contributed by atoms with E-state index in [4.69, 9.17) is 9.15 Å². The van der Waals surface area contributed by atoms with E-state index in [1.165, 1.54) is 25.7 Å². The molecule has 0 unspecified atom stereocenters. The summed E-state index contributed by atoms with van der Waals surface area (Å²) in [7, 11) is 1.81. The van der Waals surface area contributed by atoms with Crippen molar-refractivity contribution in [1.29, 1.82) is 0 Å². The van der Waals surface area contributed by atoms with Crippen LogP contribution in [0, 0.1) is 0 Å². The third kappa shape index (κ3) is 8.73. The maximum atomic E-state index is 5.55. The minimum atomic E-state index is 0. The van der Waals surface area contributed by atoms with Gasteiger partial charge in [0.05, 0.1) is 6.26 Å². The van der Waals surface area contributed by atoms with Crippen LogP contribution in [0.1, 0.15) is 44.3 Å². The monoisotopic (exact) mass is 447 g/mol. The van der Waals surface area contributed by atoms with Crippen LogP contribution < -0.4 is 10.6 Å². The van der Waals surface area contributed by atoms with Crippen LogP contribution in [0.4, 0.5) is 0 Å². The van der Waals surface area contributed by atoms with Gasteiger partial charge < -0.3 is 19.8 Å². The zero-order chi connectivity index (χ0) is 16.2. The van der Waals surface area contributed by atoms with E-state index >= 15 is 0 Å². The lowest BCUT2D eigenvalue weighted by molar-refractivity contribution is 0.105. The largest absolute Gasteiger partial charge is 0.467 e. The van der Waals surface area contributed by atoms with Crippen molar-refractivity contribution in [3.8, 4) is 0 Å². The lowest BCUT2D eigenvalue weighted by Gasteiger charge is -2.15. The van der Waals surface area contributed by atoms with Gasteiger partial charge in [-0.3, -0.25) is 4.99 Å². The van der Waals surface area contributed by atoms with E-state index in [0.717, 1.165) is 37.7 Å². The van der Waals surface area contributed by atoms with E-state index in [1.807, 2.05) is 19.2 Å². The Kier molecular flexibility index (Phi) is 11.6. The maximum Gasteiger partial charge on any atom is 0.190 e. The normalized spacial score (nSPS) is 14.7. The molecule has 0 bridgehead atoms. The zero-order valence-corrected chi connectivity index (χ0v) is 16.9. The number of hydrogen-bond donors (Lipinski definition) is 2. The summed E-state index contributed by atoms with van der Waals surface area (Å²) >= 11 is 0. The van der Waals surface area contributed by atoms with Crippen molar-refractivity contribution in [2.45, 2.75) is 45.1 Å². The molecule has 0 aromatic carbocycles. The van der Waals surface area contributed by atoms with E-state index < -0.39 is 0 Å². The molecule has 0 saturated carbocycles. The summed E-state index contributed by atoms with van der Waals surface area (Å²) in [5, 5.41) is 6.69. The molecule has 1 aliphatic carbocycles. The Morgan fingerprint density at radius 3 is 2.88 bits per heavy atom. The Hall–Kier alpha value is -1.02. The van der Waals surface area contributed by atoms with Crippen LogP contribution in [-0.4, -0.2) is 32.7 Å². The van der Waals surface area contributed by atoms with Gasteiger partial charge in [0.25, 0.3) is 0 Å². The van der Waals surface area contributed by atoms with Gasteiger partial charge in [-0.15, -0.1) is 24.0 Å². The second-order valence-electron chi connectivity index (χ2n) is 5.77. The summed E-state index contributed by atoms with van der Waals surface area (Å²) in [6.07, 6.45) is 11.3. The van der Waals surface area contributed by atoms with Gasteiger partial charge in [0, 0.05) is 26.7 Å². The number of nitrogens with zero attached hydrogens (tertiary/aromatic N) is 1. The van der Waals surface area contributed by atoms with Gasteiger partial charge in [-0.1, -0.05) is 11.6 Å². The second-order valence-corrected chi connectivity index (χ2v) is 5.77. The minimum Gasteiger partial charge on any atom is -0.467 e. The second kappa shape index (κ2) is 13.3. The van der Waals surface area contributed by atoms with Crippen molar-refractivity contribution >= 4 is 29.9 Å². The van der Waals surface area contributed by atoms with Crippen LogP contribution in [0.25, 0.3) is 0 Å². The van der Waals surface area contributed by atoms with E-state index in [9.17, 15) is 0 Å². The van der Waals surface area contributed by atoms with Gasteiger partial charge in [-0.25, -0.2) is 0 Å². The lowest BCUT2D eigenvalue weighted by atomic mass is 9.97. The van der Waals surface area contributed by atoms with Crippen molar-refractivity contribution in [1.82, 2.24) is 10.6 Å². The number of hydrogen-bond acceptors (Lipinski definition) is 3. The third-order valence-electron chi connectivity index (χ3n) is 3.93. The van der Waals surface area contributed by atoms with Gasteiger partial charge in [-0.05, 0) is 50.7 Å². The average Bonchev–Trinajstić information content (AvgIpc) is 3.10. The van der Waals surface area contributed by atoms with E-state index in [-0.39, 0.29) is 24.0 Å². The maximum absolute atomic E-state index is 5.55. The molecule has 5 nitrogen and oxygen atoms in total. The third-order valence-corrected chi connectivity index (χ3v) is 3.93. The fourth-order valence-corrected chi connectivity index (χ4v) is 2.64. The fourth-order valence-electron chi connectivity index (χ4n) is 2.64. The molecule has 0 atom stereocenters. The number of nitrogens with one attached hydrogen (secondary N) is 2. The Balaban J connectivity index is 0.00000288. The van der Waals surface area contributed by atoms with Gasteiger partial charge in [-0.2, -0.15) is 0 Å². The SMILES string of the molecule is CN=C(NCCCOCc1ccco1)NCCC1=CCCCC1.I. The Morgan fingerprint density at radius 2 is 2.17 bits per heavy atom. The molecule has 1 aromatic heterocycles. The molecule has 0 spiro atoms. The van der Waals surface area contributed by atoms with Crippen LogP contribution in [-0.2, 0) is 11.3 Å². The van der Waals surface area contributed by atoms with Crippen LogP contribution in [0.2, 0.25) is 0 Å². The van der Waals surface area contributed by atoms with Crippen LogP contribution in [0.3, 0.4) is 0 Å². The molecule has 0 radical (unpaired) electrons. The Morgan fingerprint density at radius 1 is 1.29 bits per heavy atom. The quantitative estimate of drug-likeness (QED) is 0.199. The van der Waals surface area contributed by atoms with Crippen molar-refractivity contribution in [3.05, 3.63) is 35.8 Å². The van der Waals surface area contributed by atoms with E-state index in [1.54, 1.807) is 11.8 Å². The molecule has 0 aliphatic heterocycles. The van der Waals surface area contributed by atoms with Crippen molar-refractivity contribution < 1.29 is 9.15 Å². The molecule has 1 heterocycles. The summed E-state index contributed by atoms with van der Waals surface area (Å²) in [5.41, 5.74) is 1.59. The molecule has 0 fully saturated rings. The average molecular weight is 447 g/mol. The number of halogens is 1. The van der Waals surface area contributed by atoms with Crippen LogP contribution >= 0.6 is 24.0 Å². The molecule has 6 heteroatoms. The number of ether oxygens (including phenoxy) is 1. The standard InChI is InChI=1S/C18H29N3O2.HI/c1-19-18(21-12-10-16-7-3-2-4-8-16)20-11-6-13-22-15-17-9-5-14-23-17;/h5,7,9,14H,2-4,6,8,10-13,15H2,1H3,(H2,19,20,21);1H. The first-order chi connectivity index (χ1) is 11.4. The number of aliphatic imine (C=N–C) groups is 1. The summed E-state index contributed by atoms with van der Waals surface area (Å²) in [6, 6.07) is 3.80. The van der Waals surface area contributed by atoms with Crippen LogP contribution in [0.15, 0.2) is 39.5 Å². The van der Waals surface area contributed by atoms with Crippen molar-refractivity contribution in [2.24, 2.45) is 4.99 Å². The molecule has 1 aliphatic rings. The smallest absolute Gasteiger partial charge is 0.190 e. The zero-order valence-electron chi connectivity index (χ0n) is 14.6. The molecule has 0 amide bonds. The Bertz CT molecular complexity index is 486. The van der Waals surface area contributed by atoms with E-state index in [2.05, 4.69) is 21.7 Å². The highest BCUT2D eigenvalue weighted by molar-refractivity contribution is 14.0. The summed E-state index contributed by atoms with van der Waals surface area (Å²) in [4.78, 5) is 4.25. The predicted octanol–water partition coefficient (Wildman–Crippen LogP) is 3.86. The van der Waals surface area contributed by atoms with Gasteiger partial charge >= 0.3 is 0 Å². The molecule has 2 rings (SSSR count). The van der Waals surface area contributed by atoms with Crippen molar-refractivity contribution in [3.63, 3.8) is 0 Å². The number of allylic oxidation sites excluding steroid dienone is 1. The number of guanidine groups is 1. The summed E-state index contributed by atoms with van der Waals surface area (Å²) in [5.74, 6) is 1.74. The Labute approximate surface area is 162 Å². The first-order valence-corrected chi connectivity index (χ1v) is 8.61. The predicted molar refractivity (Wildman–Crippen MR) is 109 cm³/mol. The topological polar surface area (TPSA) is 58.8 Å². The first-order valence-electron chi connectivity index (χ1n) is 8.61. The summed E-state index contributed by atoms with van der Waals surface area (Å²) in [6.45, 7) is 3.04. The molecular weight excluding hydrogens is 417 g/mol. The number of rotatable bonds is 9. The molecule has 136 valence electrons. The molecule has 1 aromatic rings. The molecule has 24 heavy (non-hydrogen) atoms. The minimum absolute atomic E-state index is 0. The fraction of sp³-hybridized carbons (Fsp3) is 0.611.